The fourth-order valence-electron chi connectivity index (χ4n) is 2.99. The van der Waals surface area contributed by atoms with Crippen LogP contribution >= 0.6 is 23.2 Å². The van der Waals surface area contributed by atoms with Crippen LogP contribution in [0.1, 0.15) is 19.4 Å². The number of nitrogens with one attached hydrogen (secondary N) is 2. The number of urea groups is 1. The molecule has 2 aromatic rings. The smallest absolute Gasteiger partial charge is 0.324 e. The van der Waals surface area contributed by atoms with Crippen LogP contribution < -0.4 is 10.6 Å². The normalized spacial score (nSPS) is 20.4. The molecule has 1 aliphatic heterocycles. The van der Waals surface area contributed by atoms with Crippen molar-refractivity contribution in [2.24, 2.45) is 0 Å². The molecule has 4 amide bonds. The summed E-state index contributed by atoms with van der Waals surface area (Å²) in [5, 5.41) is 6.12. The first kappa shape index (κ1) is 19.2. The second-order valence-corrected chi connectivity index (χ2v) is 7.23. The first-order valence-corrected chi connectivity index (χ1v) is 8.97. The van der Waals surface area contributed by atoms with E-state index < -0.39 is 29.4 Å². The minimum absolute atomic E-state index is 0.353. The monoisotopic (exact) mass is 405 g/mol. The molecule has 0 saturated carbocycles. The van der Waals surface area contributed by atoms with Crippen LogP contribution in [-0.4, -0.2) is 28.8 Å². The molecule has 0 unspecified atom stereocenters. The standard InChI is InChI=1S/C19H17Cl2N3O3/c1-11(16(25)22-13-7-5-6-12(20)10-13)24-17(26)19(2,23-18(24)27)14-8-3-4-9-15(14)21/h3-11H,1-2H3,(H,22,25)(H,23,27)/t11-,19-/m0/s1. The van der Waals surface area contributed by atoms with Crippen molar-refractivity contribution in [3.8, 4) is 0 Å². The molecule has 2 atom stereocenters. The lowest BCUT2D eigenvalue weighted by atomic mass is 9.91. The van der Waals surface area contributed by atoms with E-state index in [1.54, 1.807) is 55.5 Å². The number of imide groups is 1. The zero-order valence-electron chi connectivity index (χ0n) is 14.6. The van der Waals surface area contributed by atoms with Gasteiger partial charge in [0.1, 0.15) is 11.6 Å². The molecular weight excluding hydrogens is 389 g/mol. The molecule has 0 aromatic heterocycles. The fraction of sp³-hybridized carbons (Fsp3) is 0.211. The van der Waals surface area contributed by atoms with Crippen molar-refractivity contribution in [3.05, 3.63) is 64.1 Å². The summed E-state index contributed by atoms with van der Waals surface area (Å²) < 4.78 is 0. The van der Waals surface area contributed by atoms with Gasteiger partial charge < -0.3 is 10.6 Å². The fourth-order valence-corrected chi connectivity index (χ4v) is 3.51. The van der Waals surface area contributed by atoms with Gasteiger partial charge >= 0.3 is 6.03 Å². The summed E-state index contributed by atoms with van der Waals surface area (Å²) >= 11 is 12.1. The number of hydrogen-bond donors (Lipinski definition) is 2. The summed E-state index contributed by atoms with van der Waals surface area (Å²) in [4.78, 5) is 39.0. The highest BCUT2D eigenvalue weighted by Gasteiger charge is 2.52. The summed E-state index contributed by atoms with van der Waals surface area (Å²) in [6, 6.07) is 11.7. The van der Waals surface area contributed by atoms with Gasteiger partial charge in [0.05, 0.1) is 0 Å². The van der Waals surface area contributed by atoms with Gasteiger partial charge in [0, 0.05) is 21.3 Å². The molecule has 8 heteroatoms. The number of rotatable bonds is 4. The molecule has 0 radical (unpaired) electrons. The highest BCUT2D eigenvalue weighted by atomic mass is 35.5. The summed E-state index contributed by atoms with van der Waals surface area (Å²) in [5.41, 5.74) is -0.407. The quantitative estimate of drug-likeness (QED) is 0.759. The summed E-state index contributed by atoms with van der Waals surface area (Å²) in [6.07, 6.45) is 0. The molecule has 140 valence electrons. The van der Waals surface area contributed by atoms with Crippen LogP contribution in [0.2, 0.25) is 10.0 Å². The van der Waals surface area contributed by atoms with Crippen LogP contribution in [0.5, 0.6) is 0 Å². The zero-order valence-corrected chi connectivity index (χ0v) is 16.1. The third-order valence-corrected chi connectivity index (χ3v) is 5.06. The van der Waals surface area contributed by atoms with Crippen molar-refractivity contribution in [3.63, 3.8) is 0 Å². The lowest BCUT2D eigenvalue weighted by Gasteiger charge is -2.25. The average molecular weight is 406 g/mol. The van der Waals surface area contributed by atoms with Gasteiger partial charge in [-0.3, -0.25) is 9.59 Å². The van der Waals surface area contributed by atoms with E-state index >= 15 is 0 Å². The Hall–Kier alpha value is -2.57. The molecule has 0 aliphatic carbocycles. The second kappa shape index (κ2) is 7.21. The highest BCUT2D eigenvalue weighted by Crippen LogP contribution is 2.34. The molecule has 0 bridgehead atoms. The van der Waals surface area contributed by atoms with Crippen molar-refractivity contribution in [2.75, 3.05) is 5.32 Å². The number of amides is 4. The largest absolute Gasteiger partial charge is 0.326 e. The lowest BCUT2D eigenvalue weighted by Crippen LogP contribution is -2.47. The highest BCUT2D eigenvalue weighted by molar-refractivity contribution is 6.32. The van der Waals surface area contributed by atoms with Crippen molar-refractivity contribution >= 4 is 46.7 Å². The molecule has 1 saturated heterocycles. The molecule has 3 rings (SSSR count). The van der Waals surface area contributed by atoms with E-state index in [1.165, 1.54) is 6.92 Å². The Balaban J connectivity index is 1.84. The van der Waals surface area contributed by atoms with Crippen LogP contribution in [0, 0.1) is 0 Å². The Bertz CT molecular complexity index is 934. The maximum atomic E-state index is 13.0. The van der Waals surface area contributed by atoms with Crippen LogP contribution in [0.3, 0.4) is 0 Å². The van der Waals surface area contributed by atoms with E-state index in [0.29, 0.717) is 21.3 Å². The van der Waals surface area contributed by atoms with Gasteiger partial charge in [-0.2, -0.15) is 0 Å². The van der Waals surface area contributed by atoms with E-state index in [9.17, 15) is 14.4 Å². The van der Waals surface area contributed by atoms with Crippen molar-refractivity contribution < 1.29 is 14.4 Å². The molecular formula is C19H17Cl2N3O3. The Morgan fingerprint density at radius 3 is 2.52 bits per heavy atom. The molecule has 1 aliphatic rings. The number of halogens is 2. The molecule has 1 heterocycles. The molecule has 0 spiro atoms. The molecule has 6 nitrogen and oxygen atoms in total. The van der Waals surface area contributed by atoms with E-state index in [2.05, 4.69) is 10.6 Å². The average Bonchev–Trinajstić information content (AvgIpc) is 2.84. The van der Waals surface area contributed by atoms with Gasteiger partial charge in [-0.25, -0.2) is 9.69 Å². The van der Waals surface area contributed by atoms with E-state index in [4.69, 9.17) is 23.2 Å². The Morgan fingerprint density at radius 1 is 1.15 bits per heavy atom. The van der Waals surface area contributed by atoms with Crippen molar-refractivity contribution in [1.82, 2.24) is 10.2 Å². The van der Waals surface area contributed by atoms with Gasteiger partial charge in [0.2, 0.25) is 5.91 Å². The van der Waals surface area contributed by atoms with E-state index in [1.807, 2.05) is 0 Å². The Kier molecular flexibility index (Phi) is 5.13. The summed E-state index contributed by atoms with van der Waals surface area (Å²) in [5.74, 6) is -1.06. The summed E-state index contributed by atoms with van der Waals surface area (Å²) in [6.45, 7) is 3.05. The third kappa shape index (κ3) is 3.50. The predicted molar refractivity (Wildman–Crippen MR) is 104 cm³/mol. The Morgan fingerprint density at radius 2 is 1.85 bits per heavy atom. The molecule has 27 heavy (non-hydrogen) atoms. The maximum absolute atomic E-state index is 13.0. The minimum Gasteiger partial charge on any atom is -0.324 e. The number of carbonyl (C=O) groups is 3. The first-order valence-electron chi connectivity index (χ1n) is 8.21. The predicted octanol–water partition coefficient (Wildman–Crippen LogP) is 3.79. The number of hydrogen-bond acceptors (Lipinski definition) is 3. The SMILES string of the molecule is C[C@@H](C(=O)Nc1cccc(Cl)c1)N1C(=O)N[C@@](C)(c2ccccc2Cl)C1=O. The minimum atomic E-state index is -1.35. The van der Waals surface area contributed by atoms with Gasteiger partial charge in [-0.1, -0.05) is 47.5 Å². The second-order valence-electron chi connectivity index (χ2n) is 6.39. The maximum Gasteiger partial charge on any atom is 0.326 e. The number of carbonyl (C=O) groups excluding carboxylic acids is 3. The van der Waals surface area contributed by atoms with Crippen molar-refractivity contribution in [2.45, 2.75) is 25.4 Å². The van der Waals surface area contributed by atoms with Gasteiger partial charge in [0.15, 0.2) is 0 Å². The molecule has 1 fully saturated rings. The number of nitrogens with zero attached hydrogens (tertiary/aromatic N) is 1. The number of benzene rings is 2. The molecule has 2 N–H and O–H groups in total. The zero-order chi connectivity index (χ0) is 19.8. The third-order valence-electron chi connectivity index (χ3n) is 4.49. The van der Waals surface area contributed by atoms with Crippen LogP contribution in [-0.2, 0) is 15.1 Å². The van der Waals surface area contributed by atoms with Crippen LogP contribution in [0.4, 0.5) is 10.5 Å². The van der Waals surface area contributed by atoms with Gasteiger partial charge in [-0.05, 0) is 38.1 Å². The first-order chi connectivity index (χ1) is 12.7. The van der Waals surface area contributed by atoms with Gasteiger partial charge in [-0.15, -0.1) is 0 Å². The van der Waals surface area contributed by atoms with Crippen LogP contribution in [0.15, 0.2) is 48.5 Å². The Labute approximate surface area is 166 Å². The van der Waals surface area contributed by atoms with Gasteiger partial charge in [0.25, 0.3) is 5.91 Å². The topological polar surface area (TPSA) is 78.5 Å². The van der Waals surface area contributed by atoms with E-state index in [-0.39, 0.29) is 0 Å². The number of anilines is 1. The lowest BCUT2D eigenvalue weighted by molar-refractivity contribution is -0.136. The van der Waals surface area contributed by atoms with Crippen molar-refractivity contribution in [1.29, 1.82) is 0 Å². The molecule has 2 aromatic carbocycles. The van der Waals surface area contributed by atoms with Crippen LogP contribution in [0.25, 0.3) is 0 Å². The van der Waals surface area contributed by atoms with E-state index in [0.717, 1.165) is 4.90 Å². The summed E-state index contributed by atoms with van der Waals surface area (Å²) in [7, 11) is 0.